The monoisotopic (exact) mass is 289 g/mol. The minimum absolute atomic E-state index is 0.0794. The van der Waals surface area contributed by atoms with Crippen LogP contribution in [0, 0.1) is 17.0 Å². The Hall–Kier alpha value is -2.81. The molecule has 0 aliphatic carbocycles. The molecule has 0 bridgehead atoms. The normalized spacial score (nSPS) is 10.5. The minimum atomic E-state index is -0.539. The van der Waals surface area contributed by atoms with Crippen molar-refractivity contribution in [3.8, 4) is 0 Å². The molecular weight excluding hydrogens is 274 g/mol. The number of hydrazine groups is 1. The van der Waals surface area contributed by atoms with Crippen LogP contribution in [0.2, 0.25) is 0 Å². The summed E-state index contributed by atoms with van der Waals surface area (Å²) in [6.07, 6.45) is 2.91. The topological polar surface area (TPSA) is 109 Å². The van der Waals surface area contributed by atoms with Gasteiger partial charge in [-0.1, -0.05) is 6.07 Å². The quantitative estimate of drug-likeness (QED) is 0.632. The lowest BCUT2D eigenvalue weighted by Crippen LogP contribution is -2.21. The van der Waals surface area contributed by atoms with Crippen molar-refractivity contribution in [1.29, 1.82) is 0 Å². The van der Waals surface area contributed by atoms with Crippen molar-refractivity contribution in [3.63, 3.8) is 0 Å². The fraction of sp³-hybridized carbons (Fsp3) is 0.250. The average Bonchev–Trinajstić information content (AvgIpc) is 2.40. The van der Waals surface area contributed by atoms with Crippen molar-refractivity contribution in [2.75, 3.05) is 24.8 Å². The lowest BCUT2D eigenvalue weighted by Gasteiger charge is -2.13. The number of nitro groups is 1. The van der Waals surface area contributed by atoms with Gasteiger partial charge in [0.2, 0.25) is 11.6 Å². The molecule has 2 rings (SSSR count). The summed E-state index contributed by atoms with van der Waals surface area (Å²) in [6, 6.07) is 3.57. The van der Waals surface area contributed by atoms with Gasteiger partial charge in [-0.05, 0) is 18.6 Å². The maximum Gasteiger partial charge on any atom is 0.354 e. The van der Waals surface area contributed by atoms with E-state index in [1.807, 2.05) is 13.0 Å². The number of pyridine rings is 1. The fourth-order valence-electron chi connectivity index (χ4n) is 1.60. The van der Waals surface area contributed by atoms with E-state index in [0.29, 0.717) is 5.82 Å². The number of hydrogen-bond donors (Lipinski definition) is 2. The van der Waals surface area contributed by atoms with Gasteiger partial charge in [-0.2, -0.15) is 0 Å². The molecule has 2 heterocycles. The Morgan fingerprint density at radius 2 is 1.90 bits per heavy atom. The molecule has 0 aromatic carbocycles. The first-order chi connectivity index (χ1) is 9.97. The molecule has 2 aromatic heterocycles. The highest BCUT2D eigenvalue weighted by Crippen LogP contribution is 2.30. The summed E-state index contributed by atoms with van der Waals surface area (Å²) in [6.45, 7) is 1.91. The molecule has 0 aliphatic heterocycles. The molecule has 0 atom stereocenters. The molecule has 0 amide bonds. The van der Waals surface area contributed by atoms with E-state index >= 15 is 0 Å². The predicted octanol–water partition coefficient (Wildman–Crippen LogP) is 1.72. The van der Waals surface area contributed by atoms with Crippen LogP contribution >= 0.6 is 0 Å². The van der Waals surface area contributed by atoms with Crippen LogP contribution in [0.3, 0.4) is 0 Å². The maximum atomic E-state index is 11.3. The van der Waals surface area contributed by atoms with Crippen molar-refractivity contribution in [3.05, 3.63) is 40.3 Å². The summed E-state index contributed by atoms with van der Waals surface area (Å²) in [5, 5.41) is 15.7. The number of nitrogens with one attached hydrogen (secondary N) is 2. The zero-order valence-electron chi connectivity index (χ0n) is 11.9. The zero-order chi connectivity index (χ0) is 15.4. The van der Waals surface area contributed by atoms with E-state index in [1.54, 1.807) is 31.4 Å². The Bertz CT molecular complexity index is 643. The minimum Gasteiger partial charge on any atom is -0.319 e. The van der Waals surface area contributed by atoms with E-state index in [0.717, 1.165) is 5.56 Å². The first-order valence-electron chi connectivity index (χ1n) is 6.10. The van der Waals surface area contributed by atoms with Crippen molar-refractivity contribution in [1.82, 2.24) is 20.0 Å². The molecule has 0 spiro atoms. The van der Waals surface area contributed by atoms with Gasteiger partial charge >= 0.3 is 5.69 Å². The number of nitrogens with zero attached hydrogens (tertiary/aromatic N) is 5. The van der Waals surface area contributed by atoms with Crippen LogP contribution in [0.15, 0.2) is 24.7 Å². The number of rotatable bonds is 5. The van der Waals surface area contributed by atoms with Gasteiger partial charge in [0, 0.05) is 20.3 Å². The van der Waals surface area contributed by atoms with Gasteiger partial charge in [-0.3, -0.25) is 15.5 Å². The van der Waals surface area contributed by atoms with E-state index in [4.69, 9.17) is 0 Å². The lowest BCUT2D eigenvalue weighted by atomic mass is 10.3. The molecule has 21 heavy (non-hydrogen) atoms. The van der Waals surface area contributed by atoms with Gasteiger partial charge in [-0.25, -0.2) is 20.0 Å². The van der Waals surface area contributed by atoms with Gasteiger partial charge in [-0.15, -0.1) is 0 Å². The van der Waals surface area contributed by atoms with Gasteiger partial charge in [0.1, 0.15) is 12.1 Å². The molecule has 0 aliphatic rings. The van der Waals surface area contributed by atoms with Crippen molar-refractivity contribution in [2.45, 2.75) is 6.92 Å². The van der Waals surface area contributed by atoms with Crippen LogP contribution in [-0.2, 0) is 0 Å². The third kappa shape index (κ3) is 3.60. The summed E-state index contributed by atoms with van der Waals surface area (Å²) in [5.74, 6) is 0.656. The number of hydrogen-bond acceptors (Lipinski definition) is 8. The number of anilines is 3. The Morgan fingerprint density at radius 1 is 1.19 bits per heavy atom. The standard InChI is InChI=1S/C12H15N7O2/c1-8-4-5-9(13-6-8)16-11-10(19(20)21)12(15-7-14-11)17-18(2)3/h4-7H,1-3H3,(H2,13,14,15,16,17). The molecule has 9 heteroatoms. The molecule has 0 unspecified atom stereocenters. The van der Waals surface area contributed by atoms with Crippen LogP contribution in [0.1, 0.15) is 5.56 Å². The van der Waals surface area contributed by atoms with Crippen LogP contribution in [0.4, 0.5) is 23.1 Å². The van der Waals surface area contributed by atoms with E-state index in [2.05, 4.69) is 25.7 Å². The van der Waals surface area contributed by atoms with Crippen LogP contribution in [-0.4, -0.2) is 39.0 Å². The molecule has 0 radical (unpaired) electrons. The molecule has 0 fully saturated rings. The van der Waals surface area contributed by atoms with Crippen molar-refractivity contribution < 1.29 is 4.92 Å². The summed E-state index contributed by atoms with van der Waals surface area (Å²) in [7, 11) is 3.42. The molecule has 0 saturated carbocycles. The second kappa shape index (κ2) is 6.09. The number of aryl methyl sites for hydroxylation is 1. The second-order valence-corrected chi connectivity index (χ2v) is 4.53. The highest BCUT2D eigenvalue weighted by atomic mass is 16.6. The Kier molecular flexibility index (Phi) is 4.24. The van der Waals surface area contributed by atoms with E-state index in [1.165, 1.54) is 6.33 Å². The van der Waals surface area contributed by atoms with Crippen LogP contribution in [0.25, 0.3) is 0 Å². The first kappa shape index (κ1) is 14.6. The van der Waals surface area contributed by atoms with Gasteiger partial charge in [0.05, 0.1) is 4.92 Å². The maximum absolute atomic E-state index is 11.3. The lowest BCUT2D eigenvalue weighted by molar-refractivity contribution is -0.383. The first-order valence-corrected chi connectivity index (χ1v) is 6.10. The Labute approximate surface area is 121 Å². The summed E-state index contributed by atoms with van der Waals surface area (Å²) in [4.78, 5) is 22.7. The van der Waals surface area contributed by atoms with Gasteiger partial charge in [0.25, 0.3) is 0 Å². The summed E-state index contributed by atoms with van der Waals surface area (Å²) >= 11 is 0. The van der Waals surface area contributed by atoms with Gasteiger partial charge < -0.3 is 5.32 Å². The molecule has 9 nitrogen and oxygen atoms in total. The predicted molar refractivity (Wildman–Crippen MR) is 78.3 cm³/mol. The molecule has 2 aromatic rings. The van der Waals surface area contributed by atoms with Crippen molar-refractivity contribution in [2.24, 2.45) is 0 Å². The zero-order valence-corrected chi connectivity index (χ0v) is 11.9. The average molecular weight is 289 g/mol. The highest BCUT2D eigenvalue weighted by molar-refractivity contribution is 5.72. The highest BCUT2D eigenvalue weighted by Gasteiger charge is 2.23. The molecule has 0 saturated heterocycles. The summed E-state index contributed by atoms with van der Waals surface area (Å²) < 4.78 is 0. The third-order valence-corrected chi connectivity index (χ3v) is 2.49. The van der Waals surface area contributed by atoms with E-state index < -0.39 is 4.92 Å². The smallest absolute Gasteiger partial charge is 0.319 e. The molecular formula is C12H15N7O2. The van der Waals surface area contributed by atoms with Crippen LogP contribution < -0.4 is 10.7 Å². The van der Waals surface area contributed by atoms with Crippen LogP contribution in [0.5, 0.6) is 0 Å². The Morgan fingerprint density at radius 3 is 2.48 bits per heavy atom. The van der Waals surface area contributed by atoms with E-state index in [9.17, 15) is 10.1 Å². The van der Waals surface area contributed by atoms with Crippen molar-refractivity contribution >= 4 is 23.1 Å². The van der Waals surface area contributed by atoms with E-state index in [-0.39, 0.29) is 17.3 Å². The molecule has 2 N–H and O–H groups in total. The SMILES string of the molecule is Cc1ccc(Nc2ncnc(NN(C)C)c2[N+](=O)[O-])nc1. The Balaban J connectivity index is 2.38. The second-order valence-electron chi connectivity index (χ2n) is 4.53. The van der Waals surface area contributed by atoms with Gasteiger partial charge in [0.15, 0.2) is 0 Å². The summed E-state index contributed by atoms with van der Waals surface area (Å²) in [5.41, 5.74) is 3.52. The number of aromatic nitrogens is 3. The molecule has 110 valence electrons. The fourth-order valence-corrected chi connectivity index (χ4v) is 1.60. The third-order valence-electron chi connectivity index (χ3n) is 2.49. The largest absolute Gasteiger partial charge is 0.354 e.